The third kappa shape index (κ3) is 1.77. The van der Waals surface area contributed by atoms with E-state index in [4.69, 9.17) is 5.11 Å². The van der Waals surface area contributed by atoms with Gasteiger partial charge < -0.3 is 5.11 Å². The molecular formula is C6H12N2O. The van der Waals surface area contributed by atoms with Crippen molar-refractivity contribution in [2.75, 3.05) is 0 Å². The highest BCUT2D eigenvalue weighted by molar-refractivity contribution is 5.82. The van der Waals surface area contributed by atoms with Crippen LogP contribution in [0.3, 0.4) is 0 Å². The molecule has 0 aromatic heterocycles. The predicted molar refractivity (Wildman–Crippen MR) is 36.3 cm³/mol. The first-order valence-electron chi connectivity index (χ1n) is 3.16. The van der Waals surface area contributed by atoms with Crippen LogP contribution in [0, 0.1) is 0 Å². The van der Waals surface area contributed by atoms with E-state index in [0.29, 0.717) is 6.42 Å². The Hall–Kier alpha value is -0.410. The van der Waals surface area contributed by atoms with Gasteiger partial charge in [0.1, 0.15) is 6.23 Å². The number of rotatable bonds is 0. The van der Waals surface area contributed by atoms with Gasteiger partial charge in [-0.05, 0) is 13.8 Å². The van der Waals surface area contributed by atoms with Crippen LogP contribution in [0.1, 0.15) is 20.3 Å². The Balaban J connectivity index is 2.56. The average Bonchev–Trinajstić information content (AvgIpc) is 1.59. The van der Waals surface area contributed by atoms with Gasteiger partial charge in [-0.15, -0.1) is 0 Å². The van der Waals surface area contributed by atoms with E-state index in [1.54, 1.807) is 0 Å². The summed E-state index contributed by atoms with van der Waals surface area (Å²) < 4.78 is 0. The largest absolute Gasteiger partial charge is 0.378 e. The predicted octanol–water partition coefficient (Wildman–Crippen LogP) is 0.105. The van der Waals surface area contributed by atoms with Crippen molar-refractivity contribution in [2.24, 2.45) is 4.99 Å². The van der Waals surface area contributed by atoms with Crippen molar-refractivity contribution in [1.29, 1.82) is 0 Å². The first-order valence-corrected chi connectivity index (χ1v) is 3.16. The molecule has 1 heterocycles. The second kappa shape index (κ2) is 2.45. The highest BCUT2D eigenvalue weighted by atomic mass is 16.3. The lowest BCUT2D eigenvalue weighted by Crippen LogP contribution is -2.40. The molecule has 1 aliphatic heterocycles. The fourth-order valence-corrected chi connectivity index (χ4v) is 1.04. The van der Waals surface area contributed by atoms with Crippen LogP contribution in [0.25, 0.3) is 0 Å². The van der Waals surface area contributed by atoms with Crippen molar-refractivity contribution < 1.29 is 5.11 Å². The van der Waals surface area contributed by atoms with Crippen molar-refractivity contribution >= 4 is 5.71 Å². The Morgan fingerprint density at radius 1 is 1.78 bits per heavy atom. The molecule has 2 unspecified atom stereocenters. The molecule has 52 valence electrons. The SMILES string of the molecule is CC1=NC(C)NC(O)C1. The van der Waals surface area contributed by atoms with Gasteiger partial charge in [0.15, 0.2) is 0 Å². The molecule has 0 radical (unpaired) electrons. The molecule has 0 bridgehead atoms. The zero-order valence-corrected chi connectivity index (χ0v) is 5.76. The van der Waals surface area contributed by atoms with Crippen LogP contribution in [-0.2, 0) is 0 Å². The molecule has 0 aromatic rings. The molecule has 0 spiro atoms. The Labute approximate surface area is 54.8 Å². The minimum Gasteiger partial charge on any atom is -0.378 e. The summed E-state index contributed by atoms with van der Waals surface area (Å²) in [5.74, 6) is 0. The van der Waals surface area contributed by atoms with Crippen molar-refractivity contribution in [2.45, 2.75) is 32.7 Å². The van der Waals surface area contributed by atoms with E-state index in [0.717, 1.165) is 5.71 Å². The molecule has 3 nitrogen and oxygen atoms in total. The Kier molecular flexibility index (Phi) is 1.83. The summed E-state index contributed by atoms with van der Waals surface area (Å²) in [7, 11) is 0. The fraction of sp³-hybridized carbons (Fsp3) is 0.833. The van der Waals surface area contributed by atoms with Gasteiger partial charge in [0.25, 0.3) is 0 Å². The smallest absolute Gasteiger partial charge is 0.111 e. The number of nitrogens with one attached hydrogen (secondary N) is 1. The van der Waals surface area contributed by atoms with E-state index >= 15 is 0 Å². The molecule has 0 aromatic carbocycles. The lowest BCUT2D eigenvalue weighted by Gasteiger charge is -2.21. The topological polar surface area (TPSA) is 44.6 Å². The molecule has 1 rings (SSSR count). The zero-order chi connectivity index (χ0) is 6.85. The third-order valence-electron chi connectivity index (χ3n) is 1.34. The Morgan fingerprint density at radius 2 is 2.44 bits per heavy atom. The van der Waals surface area contributed by atoms with Crippen LogP contribution < -0.4 is 5.32 Å². The van der Waals surface area contributed by atoms with Crippen LogP contribution >= 0.6 is 0 Å². The normalized spacial score (nSPS) is 36.1. The first-order chi connectivity index (χ1) is 4.18. The summed E-state index contributed by atoms with van der Waals surface area (Å²) in [5, 5.41) is 11.9. The molecule has 3 heteroatoms. The maximum atomic E-state index is 9.06. The number of aliphatic hydroxyl groups excluding tert-OH is 1. The second-order valence-electron chi connectivity index (χ2n) is 2.43. The lowest BCUT2D eigenvalue weighted by molar-refractivity contribution is 0.126. The van der Waals surface area contributed by atoms with Gasteiger partial charge in [0.2, 0.25) is 0 Å². The maximum absolute atomic E-state index is 9.06. The number of aliphatic imine (C=N–C) groups is 1. The molecule has 2 atom stereocenters. The van der Waals surface area contributed by atoms with Gasteiger partial charge in [0, 0.05) is 12.1 Å². The molecule has 0 amide bonds. The van der Waals surface area contributed by atoms with Gasteiger partial charge >= 0.3 is 0 Å². The van der Waals surface area contributed by atoms with Gasteiger partial charge in [-0.3, -0.25) is 10.3 Å². The molecule has 2 N–H and O–H groups in total. The number of hydrogen-bond acceptors (Lipinski definition) is 3. The van der Waals surface area contributed by atoms with Crippen LogP contribution in [0.15, 0.2) is 4.99 Å². The highest BCUT2D eigenvalue weighted by Crippen LogP contribution is 2.01. The van der Waals surface area contributed by atoms with E-state index in [2.05, 4.69) is 10.3 Å². The van der Waals surface area contributed by atoms with Gasteiger partial charge in [0.05, 0.1) is 6.17 Å². The average molecular weight is 128 g/mol. The number of aliphatic hydroxyl groups is 1. The Bertz CT molecular complexity index is 133. The summed E-state index contributed by atoms with van der Waals surface area (Å²) in [6.07, 6.45) is 0.343. The lowest BCUT2D eigenvalue weighted by atomic mass is 10.2. The summed E-state index contributed by atoms with van der Waals surface area (Å²) in [5.41, 5.74) is 1.02. The summed E-state index contributed by atoms with van der Waals surface area (Å²) in [4.78, 5) is 4.18. The molecular weight excluding hydrogens is 116 g/mol. The zero-order valence-electron chi connectivity index (χ0n) is 5.76. The number of hydrogen-bond donors (Lipinski definition) is 2. The van der Waals surface area contributed by atoms with Gasteiger partial charge in [-0.25, -0.2) is 0 Å². The van der Waals surface area contributed by atoms with E-state index in [9.17, 15) is 0 Å². The van der Waals surface area contributed by atoms with E-state index in [1.165, 1.54) is 0 Å². The highest BCUT2D eigenvalue weighted by Gasteiger charge is 2.13. The molecule has 0 aliphatic carbocycles. The van der Waals surface area contributed by atoms with Crippen LogP contribution in [-0.4, -0.2) is 23.2 Å². The van der Waals surface area contributed by atoms with Gasteiger partial charge in [-0.1, -0.05) is 0 Å². The Morgan fingerprint density at radius 3 is 2.89 bits per heavy atom. The molecule has 9 heavy (non-hydrogen) atoms. The van der Waals surface area contributed by atoms with Gasteiger partial charge in [-0.2, -0.15) is 0 Å². The van der Waals surface area contributed by atoms with Crippen LogP contribution in [0.4, 0.5) is 0 Å². The first kappa shape index (κ1) is 6.71. The fourth-order valence-electron chi connectivity index (χ4n) is 1.04. The molecule has 1 aliphatic rings. The van der Waals surface area contributed by atoms with E-state index in [-0.39, 0.29) is 6.17 Å². The molecule has 0 saturated heterocycles. The number of nitrogens with zero attached hydrogens (tertiary/aromatic N) is 1. The van der Waals surface area contributed by atoms with Crippen molar-refractivity contribution in [1.82, 2.24) is 5.32 Å². The standard InChI is InChI=1S/C6H12N2O/c1-4-3-6(9)8-5(2)7-4/h5-6,8-9H,3H2,1-2H3. The van der Waals surface area contributed by atoms with E-state index < -0.39 is 6.23 Å². The van der Waals surface area contributed by atoms with Crippen molar-refractivity contribution in [3.05, 3.63) is 0 Å². The second-order valence-corrected chi connectivity index (χ2v) is 2.43. The summed E-state index contributed by atoms with van der Waals surface area (Å²) in [6, 6.07) is 0. The van der Waals surface area contributed by atoms with Crippen LogP contribution in [0.2, 0.25) is 0 Å². The summed E-state index contributed by atoms with van der Waals surface area (Å²) >= 11 is 0. The van der Waals surface area contributed by atoms with E-state index in [1.807, 2.05) is 13.8 Å². The third-order valence-corrected chi connectivity index (χ3v) is 1.34. The maximum Gasteiger partial charge on any atom is 0.111 e. The monoisotopic (exact) mass is 128 g/mol. The van der Waals surface area contributed by atoms with Crippen molar-refractivity contribution in [3.63, 3.8) is 0 Å². The minimum absolute atomic E-state index is 0.0775. The molecule has 0 fully saturated rings. The van der Waals surface area contributed by atoms with Crippen molar-refractivity contribution in [3.8, 4) is 0 Å². The minimum atomic E-state index is -0.391. The van der Waals surface area contributed by atoms with Crippen LogP contribution in [0.5, 0.6) is 0 Å². The summed E-state index contributed by atoms with van der Waals surface area (Å²) in [6.45, 7) is 3.85. The molecule has 0 saturated carbocycles. The quantitative estimate of drug-likeness (QED) is 0.486.